The zero-order chi connectivity index (χ0) is 24.9. The topological polar surface area (TPSA) is 103 Å². The fraction of sp³-hybridized carbons (Fsp3) is 0.292. The molecule has 0 saturated heterocycles. The number of nitrogens with one attached hydrogen (secondary N) is 1. The van der Waals surface area contributed by atoms with Crippen LogP contribution in [0.25, 0.3) is 0 Å². The minimum atomic E-state index is -1.83. The number of benzene rings is 1. The fourth-order valence-electron chi connectivity index (χ4n) is 2.61. The smallest absolute Gasteiger partial charge is 0.379 e. The van der Waals surface area contributed by atoms with Crippen molar-refractivity contribution in [3.63, 3.8) is 0 Å². The highest BCUT2D eigenvalue weighted by Gasteiger charge is 2.36. The molecule has 1 aromatic carbocycles. The van der Waals surface area contributed by atoms with E-state index in [1.807, 2.05) is 24.3 Å². The predicted octanol–water partition coefficient (Wildman–Crippen LogP) is 6.10. The molecule has 0 saturated carbocycles. The number of aromatic nitrogens is 3. The molecule has 0 spiro atoms. The highest BCUT2D eigenvalue weighted by Crippen LogP contribution is 2.37. The van der Waals surface area contributed by atoms with Gasteiger partial charge in [0, 0.05) is 5.69 Å². The number of anilines is 2. The Kier molecular flexibility index (Phi) is 7.67. The van der Waals surface area contributed by atoms with Gasteiger partial charge in [0.05, 0.1) is 12.8 Å². The first-order chi connectivity index (χ1) is 16.0. The van der Waals surface area contributed by atoms with Crippen LogP contribution in [-0.2, 0) is 11.0 Å². The van der Waals surface area contributed by atoms with Crippen LogP contribution in [-0.4, -0.2) is 28.2 Å². The first-order valence-corrected chi connectivity index (χ1v) is 13.9. The van der Waals surface area contributed by atoms with Gasteiger partial charge in [-0.2, -0.15) is 0 Å². The van der Waals surface area contributed by atoms with Gasteiger partial charge in [-0.15, -0.1) is 0 Å². The SMILES string of the molecule is CC(C)(C)[Si](C)(C)OCc1ccc(Nc2nc(Cl)cnc2C#Cc2cccnc2[N+](=O)[O-])cc1. The Morgan fingerprint density at radius 3 is 2.50 bits per heavy atom. The highest BCUT2D eigenvalue weighted by molar-refractivity contribution is 6.74. The number of pyridine rings is 1. The second-order valence-corrected chi connectivity index (χ2v) is 14.3. The lowest BCUT2D eigenvalue weighted by atomic mass is 10.2. The molecule has 0 atom stereocenters. The molecule has 2 heterocycles. The molecule has 0 aliphatic rings. The number of rotatable bonds is 6. The summed E-state index contributed by atoms with van der Waals surface area (Å²) in [4.78, 5) is 22.9. The van der Waals surface area contributed by atoms with Gasteiger partial charge in [-0.05, 0) is 63.8 Å². The molecular weight excluding hydrogens is 470 g/mol. The molecule has 0 aliphatic heterocycles. The van der Waals surface area contributed by atoms with E-state index >= 15 is 0 Å². The minimum absolute atomic E-state index is 0.146. The van der Waals surface area contributed by atoms with Gasteiger partial charge in [0.1, 0.15) is 16.9 Å². The van der Waals surface area contributed by atoms with E-state index in [0.717, 1.165) is 11.3 Å². The van der Waals surface area contributed by atoms with Crippen molar-refractivity contribution in [2.75, 3.05) is 5.32 Å². The molecular formula is C24H26ClN5O3Si. The highest BCUT2D eigenvalue weighted by atomic mass is 35.5. The lowest BCUT2D eigenvalue weighted by Gasteiger charge is -2.36. The quantitative estimate of drug-likeness (QED) is 0.191. The third kappa shape index (κ3) is 6.38. The molecule has 3 aromatic rings. The Bertz CT molecular complexity index is 1250. The molecule has 0 aliphatic carbocycles. The van der Waals surface area contributed by atoms with Gasteiger partial charge in [0.25, 0.3) is 0 Å². The van der Waals surface area contributed by atoms with E-state index < -0.39 is 13.2 Å². The molecule has 0 amide bonds. The molecule has 34 heavy (non-hydrogen) atoms. The first kappa shape index (κ1) is 25.3. The lowest BCUT2D eigenvalue weighted by Crippen LogP contribution is -2.40. The maximum atomic E-state index is 11.2. The summed E-state index contributed by atoms with van der Waals surface area (Å²) < 4.78 is 6.28. The summed E-state index contributed by atoms with van der Waals surface area (Å²) >= 11 is 6.04. The van der Waals surface area contributed by atoms with Crippen LogP contribution in [0, 0.1) is 22.0 Å². The molecule has 1 N–H and O–H groups in total. The van der Waals surface area contributed by atoms with Crippen molar-refractivity contribution in [1.82, 2.24) is 15.0 Å². The normalized spacial score (nSPS) is 11.5. The first-order valence-electron chi connectivity index (χ1n) is 10.6. The summed E-state index contributed by atoms with van der Waals surface area (Å²) in [5.41, 5.74) is 2.31. The maximum Gasteiger partial charge on any atom is 0.379 e. The van der Waals surface area contributed by atoms with E-state index in [-0.39, 0.29) is 21.6 Å². The van der Waals surface area contributed by atoms with Crippen LogP contribution in [0.3, 0.4) is 0 Å². The molecule has 176 valence electrons. The van der Waals surface area contributed by atoms with E-state index in [1.54, 1.807) is 6.07 Å². The van der Waals surface area contributed by atoms with Crippen LogP contribution >= 0.6 is 11.6 Å². The molecule has 0 bridgehead atoms. The van der Waals surface area contributed by atoms with Crippen LogP contribution in [0.1, 0.15) is 37.6 Å². The molecule has 0 radical (unpaired) electrons. The average molecular weight is 496 g/mol. The zero-order valence-corrected chi connectivity index (χ0v) is 21.5. The molecule has 2 aromatic heterocycles. The van der Waals surface area contributed by atoms with E-state index in [1.165, 1.54) is 18.5 Å². The number of halogens is 1. The van der Waals surface area contributed by atoms with Crippen molar-refractivity contribution >= 4 is 37.2 Å². The van der Waals surface area contributed by atoms with Crippen molar-refractivity contribution in [3.8, 4) is 11.8 Å². The Morgan fingerprint density at radius 1 is 1.15 bits per heavy atom. The molecule has 0 fully saturated rings. The summed E-state index contributed by atoms with van der Waals surface area (Å²) in [6, 6.07) is 10.9. The van der Waals surface area contributed by atoms with Crippen LogP contribution < -0.4 is 5.32 Å². The summed E-state index contributed by atoms with van der Waals surface area (Å²) in [5.74, 6) is 5.61. The van der Waals surface area contributed by atoms with E-state index in [9.17, 15) is 10.1 Å². The van der Waals surface area contributed by atoms with E-state index in [0.29, 0.717) is 18.1 Å². The van der Waals surface area contributed by atoms with Crippen molar-refractivity contribution in [3.05, 3.63) is 80.9 Å². The standard InChI is InChI=1S/C24H26ClN5O3Si/c1-24(2,3)34(4,5)33-16-17-8-11-19(12-9-17)28-22-20(27-15-21(25)29-22)13-10-18-7-6-14-26-23(18)30(31)32/h6-9,11-12,14-15H,16H2,1-5H3,(H,28,29). The average Bonchev–Trinajstić information content (AvgIpc) is 2.77. The molecule has 8 nitrogen and oxygen atoms in total. The van der Waals surface area contributed by atoms with Crippen molar-refractivity contribution in [2.24, 2.45) is 0 Å². The third-order valence-electron chi connectivity index (χ3n) is 5.64. The van der Waals surface area contributed by atoms with Gasteiger partial charge in [-0.1, -0.05) is 50.4 Å². The number of hydrogen-bond donors (Lipinski definition) is 1. The van der Waals surface area contributed by atoms with Crippen molar-refractivity contribution < 1.29 is 9.35 Å². The summed E-state index contributed by atoms with van der Waals surface area (Å²) in [6.45, 7) is 11.6. The van der Waals surface area contributed by atoms with Crippen LogP contribution in [0.2, 0.25) is 23.3 Å². The van der Waals surface area contributed by atoms with Crippen LogP contribution in [0.4, 0.5) is 17.3 Å². The predicted molar refractivity (Wildman–Crippen MR) is 136 cm³/mol. The van der Waals surface area contributed by atoms with Crippen LogP contribution in [0.15, 0.2) is 48.8 Å². The summed E-state index contributed by atoms with van der Waals surface area (Å²) in [6.07, 6.45) is 2.72. The number of nitro groups is 1. The second-order valence-electron chi connectivity index (χ2n) is 9.14. The number of hydrogen-bond acceptors (Lipinski definition) is 7. The molecule has 3 rings (SSSR count). The van der Waals surface area contributed by atoms with Gasteiger partial charge >= 0.3 is 5.82 Å². The summed E-state index contributed by atoms with van der Waals surface area (Å²) in [5, 5.41) is 14.7. The Hall–Kier alpha value is -3.32. The summed E-state index contributed by atoms with van der Waals surface area (Å²) in [7, 11) is -1.83. The largest absolute Gasteiger partial charge is 0.413 e. The molecule has 10 heteroatoms. The zero-order valence-electron chi connectivity index (χ0n) is 19.7. The Balaban J connectivity index is 1.79. The second kappa shape index (κ2) is 10.3. The van der Waals surface area contributed by atoms with E-state index in [2.05, 4.69) is 66.0 Å². The fourth-order valence-corrected chi connectivity index (χ4v) is 3.71. The van der Waals surface area contributed by atoms with Crippen LogP contribution in [0.5, 0.6) is 0 Å². The van der Waals surface area contributed by atoms with E-state index in [4.69, 9.17) is 16.0 Å². The monoisotopic (exact) mass is 495 g/mol. The minimum Gasteiger partial charge on any atom is -0.413 e. The van der Waals surface area contributed by atoms with Gasteiger partial charge in [0.2, 0.25) is 0 Å². The molecule has 0 unspecified atom stereocenters. The van der Waals surface area contributed by atoms with Gasteiger partial charge in [0.15, 0.2) is 19.8 Å². The number of nitrogens with zero attached hydrogens (tertiary/aromatic N) is 4. The Labute approximate surface area is 205 Å². The van der Waals surface area contributed by atoms with Gasteiger partial charge in [-0.25, -0.2) is 9.97 Å². The van der Waals surface area contributed by atoms with Gasteiger partial charge < -0.3 is 19.9 Å². The third-order valence-corrected chi connectivity index (χ3v) is 10.3. The maximum absolute atomic E-state index is 11.2. The van der Waals surface area contributed by atoms with Crippen molar-refractivity contribution in [1.29, 1.82) is 0 Å². The van der Waals surface area contributed by atoms with Crippen molar-refractivity contribution in [2.45, 2.75) is 45.5 Å². The lowest BCUT2D eigenvalue weighted by molar-refractivity contribution is -0.389. The van der Waals surface area contributed by atoms with Gasteiger partial charge in [-0.3, -0.25) is 0 Å². The Morgan fingerprint density at radius 2 is 1.85 bits per heavy atom.